The van der Waals surface area contributed by atoms with E-state index in [-0.39, 0.29) is 40.6 Å². The van der Waals surface area contributed by atoms with Crippen LogP contribution in [0.2, 0.25) is 10.0 Å². The quantitative estimate of drug-likeness (QED) is 0.291. The van der Waals surface area contributed by atoms with Crippen molar-refractivity contribution in [2.24, 2.45) is 0 Å². The van der Waals surface area contributed by atoms with Crippen molar-refractivity contribution in [3.8, 4) is 0 Å². The van der Waals surface area contributed by atoms with Gasteiger partial charge in [0.25, 0.3) is 0 Å². The minimum atomic E-state index is -3.92. The summed E-state index contributed by atoms with van der Waals surface area (Å²) in [4.78, 5) is 29.2. The second-order valence-corrected chi connectivity index (χ2v) is 12.7. The molecule has 0 unspecified atom stereocenters. The van der Waals surface area contributed by atoms with Crippen molar-refractivity contribution in [1.29, 1.82) is 0 Å². The van der Waals surface area contributed by atoms with Crippen molar-refractivity contribution in [2.45, 2.75) is 52.2 Å². The average Bonchev–Trinajstić information content (AvgIpc) is 2.89. The number of sulfonamides is 1. The van der Waals surface area contributed by atoms with Gasteiger partial charge in [-0.3, -0.25) is 13.9 Å². The standard InChI is InChI=1S/C30H35Cl2N3O4S/c1-5-22(3)33-30(37)28(15-23-9-7-6-8-10-23)34(19-24-13-11-21(2)12-14-24)29(36)20-35(40(4,38)39)27-17-25(31)16-26(32)18-27/h6-14,16-18,22,28H,5,15,19-20H2,1-4H3,(H,33,37)/t22-,28-/m0/s1. The molecule has 0 aliphatic heterocycles. The van der Waals surface area contributed by atoms with Gasteiger partial charge in [0.15, 0.2) is 0 Å². The third kappa shape index (κ3) is 8.98. The van der Waals surface area contributed by atoms with Gasteiger partial charge in [0, 0.05) is 29.1 Å². The van der Waals surface area contributed by atoms with E-state index in [9.17, 15) is 18.0 Å². The minimum absolute atomic E-state index is 0.108. The molecule has 3 rings (SSSR count). The van der Waals surface area contributed by atoms with Gasteiger partial charge in [-0.05, 0) is 49.6 Å². The highest BCUT2D eigenvalue weighted by Crippen LogP contribution is 2.27. The Kier molecular flexibility index (Phi) is 11.0. The van der Waals surface area contributed by atoms with Gasteiger partial charge in [0.1, 0.15) is 12.6 Å². The van der Waals surface area contributed by atoms with E-state index in [0.29, 0.717) is 6.42 Å². The molecule has 0 aliphatic carbocycles. The monoisotopic (exact) mass is 603 g/mol. The second kappa shape index (κ2) is 14.0. The van der Waals surface area contributed by atoms with Crippen LogP contribution in [0.4, 0.5) is 5.69 Å². The summed E-state index contributed by atoms with van der Waals surface area (Å²) in [7, 11) is -3.92. The number of aryl methyl sites for hydroxylation is 1. The van der Waals surface area contributed by atoms with Crippen LogP contribution in [-0.4, -0.2) is 50.0 Å². The van der Waals surface area contributed by atoms with E-state index >= 15 is 0 Å². The van der Waals surface area contributed by atoms with Crippen molar-refractivity contribution in [3.05, 3.63) is 99.5 Å². The van der Waals surface area contributed by atoms with Crippen LogP contribution in [0.25, 0.3) is 0 Å². The predicted molar refractivity (Wildman–Crippen MR) is 162 cm³/mol. The number of anilines is 1. The van der Waals surface area contributed by atoms with Gasteiger partial charge in [0.05, 0.1) is 11.9 Å². The Hall–Kier alpha value is -3.07. The van der Waals surface area contributed by atoms with E-state index in [1.54, 1.807) is 0 Å². The summed E-state index contributed by atoms with van der Waals surface area (Å²) in [5, 5.41) is 3.47. The van der Waals surface area contributed by atoms with Crippen LogP contribution in [0.5, 0.6) is 0 Å². The van der Waals surface area contributed by atoms with Crippen molar-refractivity contribution in [1.82, 2.24) is 10.2 Å². The lowest BCUT2D eigenvalue weighted by Gasteiger charge is -2.34. The number of amides is 2. The Labute approximate surface area is 247 Å². The number of carbonyl (C=O) groups is 2. The lowest BCUT2D eigenvalue weighted by molar-refractivity contribution is -0.140. The summed E-state index contributed by atoms with van der Waals surface area (Å²) < 4.78 is 26.7. The number of carbonyl (C=O) groups excluding carboxylic acids is 2. The molecule has 0 aliphatic rings. The first kappa shape index (κ1) is 31.5. The van der Waals surface area contributed by atoms with Crippen LogP contribution in [0.15, 0.2) is 72.8 Å². The fraction of sp³-hybridized carbons (Fsp3) is 0.333. The van der Waals surface area contributed by atoms with E-state index in [2.05, 4.69) is 5.32 Å². The smallest absolute Gasteiger partial charge is 0.244 e. The zero-order valence-corrected chi connectivity index (χ0v) is 25.4. The molecule has 0 saturated heterocycles. The SMILES string of the molecule is CC[C@H](C)NC(=O)[C@H](Cc1ccccc1)N(Cc1ccc(C)cc1)C(=O)CN(c1cc(Cl)cc(Cl)c1)S(C)(=O)=O. The third-order valence-electron chi connectivity index (χ3n) is 6.56. The first-order valence-electron chi connectivity index (χ1n) is 13.0. The summed E-state index contributed by atoms with van der Waals surface area (Å²) in [6.45, 7) is 5.40. The maximum absolute atomic E-state index is 14.1. The zero-order valence-electron chi connectivity index (χ0n) is 23.1. The number of nitrogens with zero attached hydrogens (tertiary/aromatic N) is 2. The van der Waals surface area contributed by atoms with Crippen molar-refractivity contribution >= 4 is 50.7 Å². The van der Waals surface area contributed by atoms with Crippen LogP contribution in [0.1, 0.15) is 37.0 Å². The number of halogens is 2. The summed E-state index contributed by atoms with van der Waals surface area (Å²) in [5.41, 5.74) is 2.89. The van der Waals surface area contributed by atoms with Gasteiger partial charge in [-0.1, -0.05) is 90.3 Å². The highest BCUT2D eigenvalue weighted by Gasteiger charge is 2.33. The normalized spacial score (nSPS) is 12.8. The maximum Gasteiger partial charge on any atom is 0.244 e. The fourth-order valence-electron chi connectivity index (χ4n) is 4.18. The van der Waals surface area contributed by atoms with Crippen LogP contribution in [-0.2, 0) is 32.6 Å². The van der Waals surface area contributed by atoms with Crippen LogP contribution < -0.4 is 9.62 Å². The minimum Gasteiger partial charge on any atom is -0.352 e. The molecule has 10 heteroatoms. The summed E-state index contributed by atoms with van der Waals surface area (Å²) in [6.07, 6.45) is 1.98. The molecule has 2 atom stereocenters. The summed E-state index contributed by atoms with van der Waals surface area (Å²) >= 11 is 12.3. The Morgan fingerprint density at radius 1 is 0.925 bits per heavy atom. The van der Waals surface area contributed by atoms with Gasteiger partial charge in [-0.25, -0.2) is 8.42 Å². The summed E-state index contributed by atoms with van der Waals surface area (Å²) in [6, 6.07) is 20.4. The van der Waals surface area contributed by atoms with E-state index in [0.717, 1.165) is 27.3 Å². The molecule has 0 aromatic heterocycles. The lowest BCUT2D eigenvalue weighted by atomic mass is 10.0. The number of hydrogen-bond acceptors (Lipinski definition) is 4. The Balaban J connectivity index is 2.07. The van der Waals surface area contributed by atoms with Crippen molar-refractivity contribution in [3.63, 3.8) is 0 Å². The Morgan fingerprint density at radius 3 is 2.08 bits per heavy atom. The largest absolute Gasteiger partial charge is 0.352 e. The molecule has 0 heterocycles. The zero-order chi connectivity index (χ0) is 29.4. The van der Waals surface area contributed by atoms with E-state index < -0.39 is 28.5 Å². The molecule has 1 N–H and O–H groups in total. The van der Waals surface area contributed by atoms with Gasteiger partial charge in [-0.2, -0.15) is 0 Å². The Bertz CT molecular complexity index is 1400. The topological polar surface area (TPSA) is 86.8 Å². The molecule has 214 valence electrons. The fourth-order valence-corrected chi connectivity index (χ4v) is 5.53. The lowest BCUT2D eigenvalue weighted by Crippen LogP contribution is -2.54. The van der Waals surface area contributed by atoms with Crippen LogP contribution in [0.3, 0.4) is 0 Å². The second-order valence-electron chi connectivity index (χ2n) is 9.93. The number of hydrogen-bond donors (Lipinski definition) is 1. The van der Waals surface area contributed by atoms with Crippen molar-refractivity contribution < 1.29 is 18.0 Å². The molecule has 2 amide bonds. The molecule has 0 bridgehead atoms. The first-order chi connectivity index (χ1) is 18.9. The van der Waals surface area contributed by atoms with Crippen LogP contribution in [0, 0.1) is 6.92 Å². The van der Waals surface area contributed by atoms with E-state index in [4.69, 9.17) is 23.2 Å². The third-order valence-corrected chi connectivity index (χ3v) is 8.14. The summed E-state index contributed by atoms with van der Waals surface area (Å²) in [5.74, 6) is -0.849. The van der Waals surface area contributed by atoms with Crippen LogP contribution >= 0.6 is 23.2 Å². The molecule has 40 heavy (non-hydrogen) atoms. The molecular formula is C30H35Cl2N3O4S. The Morgan fingerprint density at radius 2 is 1.52 bits per heavy atom. The molecule has 7 nitrogen and oxygen atoms in total. The molecule has 0 saturated carbocycles. The molecular weight excluding hydrogens is 569 g/mol. The van der Waals surface area contributed by atoms with Gasteiger partial charge >= 0.3 is 0 Å². The van der Waals surface area contributed by atoms with Gasteiger partial charge < -0.3 is 10.2 Å². The predicted octanol–water partition coefficient (Wildman–Crippen LogP) is 5.62. The molecule has 0 radical (unpaired) electrons. The maximum atomic E-state index is 14.1. The average molecular weight is 605 g/mol. The van der Waals surface area contributed by atoms with Gasteiger partial charge in [0.2, 0.25) is 21.8 Å². The van der Waals surface area contributed by atoms with E-state index in [1.165, 1.54) is 23.1 Å². The highest BCUT2D eigenvalue weighted by atomic mass is 35.5. The molecule has 3 aromatic rings. The number of rotatable bonds is 12. The van der Waals surface area contributed by atoms with E-state index in [1.807, 2.05) is 75.4 Å². The van der Waals surface area contributed by atoms with Gasteiger partial charge in [-0.15, -0.1) is 0 Å². The highest BCUT2D eigenvalue weighted by molar-refractivity contribution is 7.92. The molecule has 0 spiro atoms. The number of benzene rings is 3. The van der Waals surface area contributed by atoms with Crippen molar-refractivity contribution in [2.75, 3.05) is 17.1 Å². The first-order valence-corrected chi connectivity index (χ1v) is 15.6. The molecule has 3 aromatic carbocycles. The molecule has 0 fully saturated rings. The number of nitrogens with one attached hydrogen (secondary N) is 1.